The van der Waals surface area contributed by atoms with Crippen LogP contribution in [0.4, 0.5) is 4.79 Å². The molecule has 1 aliphatic heterocycles. The zero-order valence-electron chi connectivity index (χ0n) is 13.5. The van der Waals surface area contributed by atoms with Crippen LogP contribution in [0.15, 0.2) is 0 Å². The second kappa shape index (κ2) is 7.61. The first-order chi connectivity index (χ1) is 9.84. The quantitative estimate of drug-likeness (QED) is 0.651. The van der Waals surface area contributed by atoms with Crippen molar-refractivity contribution in [2.45, 2.75) is 38.3 Å². The van der Waals surface area contributed by atoms with Gasteiger partial charge in [0, 0.05) is 32.2 Å². The molecule has 0 spiro atoms. The standard InChI is InChI=1S/C14H28N4O3/c1-5-14(6-2,12(19)20)16-13(21)15-9-11-10-17(3)7-8-18(11)4/h11H,5-10H2,1-4H3,(H,19,20)(H2,15,16,21). The van der Waals surface area contributed by atoms with Gasteiger partial charge in [0.05, 0.1) is 0 Å². The molecule has 1 fully saturated rings. The molecule has 2 amide bonds. The van der Waals surface area contributed by atoms with E-state index in [2.05, 4.69) is 27.5 Å². The first-order valence-corrected chi connectivity index (χ1v) is 7.52. The lowest BCUT2D eigenvalue weighted by molar-refractivity contribution is -0.144. The second-order valence-electron chi connectivity index (χ2n) is 5.83. The van der Waals surface area contributed by atoms with Crippen LogP contribution in [0.5, 0.6) is 0 Å². The summed E-state index contributed by atoms with van der Waals surface area (Å²) in [4.78, 5) is 27.8. The number of piperazine rings is 1. The normalized spacial score (nSPS) is 21.0. The van der Waals surface area contributed by atoms with Gasteiger partial charge in [-0.05, 0) is 26.9 Å². The summed E-state index contributed by atoms with van der Waals surface area (Å²) >= 11 is 0. The minimum absolute atomic E-state index is 0.247. The van der Waals surface area contributed by atoms with Crippen LogP contribution in [-0.2, 0) is 4.79 Å². The van der Waals surface area contributed by atoms with Crippen LogP contribution in [0.2, 0.25) is 0 Å². The van der Waals surface area contributed by atoms with E-state index in [4.69, 9.17) is 0 Å². The van der Waals surface area contributed by atoms with Crippen LogP contribution in [-0.4, -0.2) is 78.8 Å². The Morgan fingerprint density at radius 3 is 2.38 bits per heavy atom. The van der Waals surface area contributed by atoms with E-state index in [-0.39, 0.29) is 6.04 Å². The Bertz CT molecular complexity index is 371. The average Bonchev–Trinajstić information content (AvgIpc) is 2.45. The van der Waals surface area contributed by atoms with Crippen molar-refractivity contribution >= 4 is 12.0 Å². The number of hydrogen-bond donors (Lipinski definition) is 3. The lowest BCUT2D eigenvalue weighted by Crippen LogP contribution is -2.59. The number of hydrogen-bond acceptors (Lipinski definition) is 4. The number of likely N-dealkylation sites (N-methyl/N-ethyl adjacent to an activating group) is 2. The smallest absolute Gasteiger partial charge is 0.329 e. The molecule has 0 aliphatic carbocycles. The summed E-state index contributed by atoms with van der Waals surface area (Å²) in [5.74, 6) is -0.989. The Labute approximate surface area is 126 Å². The summed E-state index contributed by atoms with van der Waals surface area (Å²) in [5.41, 5.74) is -1.18. The summed E-state index contributed by atoms with van der Waals surface area (Å²) in [6.07, 6.45) is 0.719. The summed E-state index contributed by atoms with van der Waals surface area (Å²) in [7, 11) is 4.10. The maximum Gasteiger partial charge on any atom is 0.329 e. The second-order valence-corrected chi connectivity index (χ2v) is 5.83. The van der Waals surface area contributed by atoms with Gasteiger partial charge in [0.1, 0.15) is 5.54 Å². The van der Waals surface area contributed by atoms with Crippen molar-refractivity contribution in [1.82, 2.24) is 20.4 Å². The number of rotatable bonds is 6. The van der Waals surface area contributed by atoms with Crippen molar-refractivity contribution in [3.8, 4) is 0 Å². The number of urea groups is 1. The topological polar surface area (TPSA) is 84.9 Å². The third kappa shape index (κ3) is 4.57. The predicted octanol–water partition coefficient (Wildman–Crippen LogP) is 0.175. The van der Waals surface area contributed by atoms with Crippen molar-refractivity contribution < 1.29 is 14.7 Å². The van der Waals surface area contributed by atoms with E-state index in [0.29, 0.717) is 19.4 Å². The van der Waals surface area contributed by atoms with E-state index in [1.54, 1.807) is 13.8 Å². The van der Waals surface area contributed by atoms with Crippen molar-refractivity contribution in [2.75, 3.05) is 40.3 Å². The molecule has 1 heterocycles. The molecule has 0 aromatic carbocycles. The van der Waals surface area contributed by atoms with E-state index in [1.807, 2.05) is 7.05 Å². The Morgan fingerprint density at radius 1 is 1.24 bits per heavy atom. The van der Waals surface area contributed by atoms with E-state index >= 15 is 0 Å². The van der Waals surface area contributed by atoms with Gasteiger partial charge in [-0.3, -0.25) is 4.90 Å². The molecule has 1 unspecified atom stereocenters. The molecule has 7 heteroatoms. The third-order valence-electron chi connectivity index (χ3n) is 4.45. The average molecular weight is 300 g/mol. The molecule has 1 aliphatic rings. The minimum Gasteiger partial charge on any atom is -0.480 e. The first-order valence-electron chi connectivity index (χ1n) is 7.52. The van der Waals surface area contributed by atoms with Crippen LogP contribution in [0.25, 0.3) is 0 Å². The highest BCUT2D eigenvalue weighted by atomic mass is 16.4. The molecule has 21 heavy (non-hydrogen) atoms. The predicted molar refractivity (Wildman–Crippen MR) is 81.4 cm³/mol. The van der Waals surface area contributed by atoms with Gasteiger partial charge < -0.3 is 20.6 Å². The number of carbonyl (C=O) groups excluding carboxylic acids is 1. The monoisotopic (exact) mass is 300 g/mol. The number of amides is 2. The fourth-order valence-corrected chi connectivity index (χ4v) is 2.58. The lowest BCUT2D eigenvalue weighted by atomic mass is 9.93. The van der Waals surface area contributed by atoms with Gasteiger partial charge >= 0.3 is 12.0 Å². The molecule has 122 valence electrons. The summed E-state index contributed by atoms with van der Waals surface area (Å²) in [6, 6.07) is -0.167. The summed E-state index contributed by atoms with van der Waals surface area (Å²) in [5, 5.41) is 14.7. The number of carboxylic acids is 1. The molecule has 0 saturated carbocycles. The van der Waals surface area contributed by atoms with Crippen LogP contribution >= 0.6 is 0 Å². The van der Waals surface area contributed by atoms with Gasteiger partial charge in [-0.2, -0.15) is 0 Å². The Hall–Kier alpha value is -1.34. The Morgan fingerprint density at radius 2 is 1.86 bits per heavy atom. The molecule has 1 atom stereocenters. The van der Waals surface area contributed by atoms with E-state index in [0.717, 1.165) is 19.6 Å². The number of nitrogens with zero attached hydrogens (tertiary/aromatic N) is 2. The highest BCUT2D eigenvalue weighted by molar-refractivity contribution is 5.86. The third-order valence-corrected chi connectivity index (χ3v) is 4.45. The SMILES string of the molecule is CCC(CC)(NC(=O)NCC1CN(C)CCN1C)C(=O)O. The molecular formula is C14H28N4O3. The highest BCUT2D eigenvalue weighted by Gasteiger charge is 2.36. The molecule has 3 N–H and O–H groups in total. The largest absolute Gasteiger partial charge is 0.480 e. The van der Waals surface area contributed by atoms with Gasteiger partial charge in [0.2, 0.25) is 0 Å². The van der Waals surface area contributed by atoms with Crippen LogP contribution in [0.3, 0.4) is 0 Å². The fraction of sp³-hybridized carbons (Fsp3) is 0.857. The Balaban J connectivity index is 2.51. The van der Waals surface area contributed by atoms with Gasteiger partial charge in [-0.25, -0.2) is 9.59 Å². The molecule has 0 aromatic heterocycles. The number of carboxylic acid groups (broad SMARTS) is 1. The Kier molecular flexibility index (Phi) is 6.42. The van der Waals surface area contributed by atoms with E-state index < -0.39 is 17.5 Å². The van der Waals surface area contributed by atoms with Crippen molar-refractivity contribution in [1.29, 1.82) is 0 Å². The van der Waals surface area contributed by atoms with Crippen molar-refractivity contribution in [2.24, 2.45) is 0 Å². The van der Waals surface area contributed by atoms with Gasteiger partial charge in [-0.15, -0.1) is 0 Å². The lowest BCUT2D eigenvalue weighted by Gasteiger charge is -2.38. The molecule has 0 aromatic rings. The van der Waals surface area contributed by atoms with Crippen LogP contribution in [0, 0.1) is 0 Å². The fourth-order valence-electron chi connectivity index (χ4n) is 2.58. The molecule has 1 saturated heterocycles. The van der Waals surface area contributed by atoms with E-state index in [9.17, 15) is 14.7 Å². The number of aliphatic carboxylic acids is 1. The van der Waals surface area contributed by atoms with E-state index in [1.165, 1.54) is 0 Å². The zero-order valence-corrected chi connectivity index (χ0v) is 13.5. The van der Waals surface area contributed by atoms with Gasteiger partial charge in [0.25, 0.3) is 0 Å². The van der Waals surface area contributed by atoms with Crippen LogP contribution < -0.4 is 10.6 Å². The summed E-state index contributed by atoms with van der Waals surface area (Å²) in [6.45, 7) is 6.92. The van der Waals surface area contributed by atoms with Crippen molar-refractivity contribution in [3.05, 3.63) is 0 Å². The minimum atomic E-state index is -1.18. The van der Waals surface area contributed by atoms with Crippen LogP contribution in [0.1, 0.15) is 26.7 Å². The maximum atomic E-state index is 12.0. The maximum absolute atomic E-state index is 12.0. The first kappa shape index (κ1) is 17.7. The van der Waals surface area contributed by atoms with Crippen molar-refractivity contribution in [3.63, 3.8) is 0 Å². The van der Waals surface area contributed by atoms with Gasteiger partial charge in [0.15, 0.2) is 0 Å². The zero-order chi connectivity index (χ0) is 16.0. The van der Waals surface area contributed by atoms with Gasteiger partial charge in [-0.1, -0.05) is 13.8 Å². The molecule has 0 bridgehead atoms. The number of nitrogens with one attached hydrogen (secondary N) is 2. The molecule has 7 nitrogen and oxygen atoms in total. The molecule has 0 radical (unpaired) electrons. The molecule has 1 rings (SSSR count). The number of carbonyl (C=O) groups is 2. The molecular weight excluding hydrogens is 272 g/mol. The summed E-state index contributed by atoms with van der Waals surface area (Å²) < 4.78 is 0. The highest BCUT2D eigenvalue weighted by Crippen LogP contribution is 2.15.